The zero-order chi connectivity index (χ0) is 11.8. The molecule has 0 fully saturated rings. The number of hydrogen-bond donors (Lipinski definition) is 0. The third kappa shape index (κ3) is 4.62. The molecule has 0 spiro atoms. The molecule has 0 N–H and O–H groups in total. The van der Waals surface area contributed by atoms with Gasteiger partial charge in [0, 0.05) is 11.4 Å². The second kappa shape index (κ2) is 7.23. The molecule has 0 atom stereocenters. The lowest BCUT2D eigenvalue weighted by atomic mass is 10.1. The van der Waals surface area contributed by atoms with Gasteiger partial charge in [-0.3, -0.25) is 0 Å². The van der Waals surface area contributed by atoms with Gasteiger partial charge in [-0.15, -0.1) is 0 Å². The Morgan fingerprint density at radius 3 is 3.00 bits per heavy atom. The van der Waals surface area contributed by atoms with Gasteiger partial charge in [0.2, 0.25) is 0 Å². The van der Waals surface area contributed by atoms with Crippen LogP contribution in [0.5, 0.6) is 0 Å². The predicted molar refractivity (Wildman–Crippen MR) is 69.6 cm³/mol. The van der Waals surface area contributed by atoms with Crippen molar-refractivity contribution in [2.75, 3.05) is 11.9 Å². The van der Waals surface area contributed by atoms with E-state index in [0.717, 1.165) is 17.3 Å². The van der Waals surface area contributed by atoms with E-state index in [1.807, 2.05) is 12.1 Å². The third-order valence-corrected chi connectivity index (χ3v) is 2.43. The van der Waals surface area contributed by atoms with Gasteiger partial charge in [0.15, 0.2) is 0 Å². The number of carbonyl (C=O) groups is 1. The van der Waals surface area contributed by atoms with Gasteiger partial charge in [-0.1, -0.05) is 40.2 Å². The van der Waals surface area contributed by atoms with Crippen LogP contribution in [0.25, 0.3) is 6.08 Å². The minimum atomic E-state index is -0.298. The van der Waals surface area contributed by atoms with Crippen molar-refractivity contribution < 1.29 is 9.53 Å². The number of rotatable bonds is 5. The summed E-state index contributed by atoms with van der Waals surface area (Å²) < 4.78 is 4.81. The average molecular weight is 283 g/mol. The molecule has 16 heavy (non-hydrogen) atoms. The van der Waals surface area contributed by atoms with E-state index < -0.39 is 0 Å². The first kappa shape index (κ1) is 13.0. The zero-order valence-electron chi connectivity index (χ0n) is 9.28. The molecule has 0 aliphatic heterocycles. The lowest BCUT2D eigenvalue weighted by Gasteiger charge is -1.99. The number of aryl methyl sites for hydroxylation is 1. The zero-order valence-corrected chi connectivity index (χ0v) is 10.9. The van der Waals surface area contributed by atoms with E-state index in [9.17, 15) is 4.79 Å². The van der Waals surface area contributed by atoms with Crippen LogP contribution in [-0.4, -0.2) is 17.9 Å². The van der Waals surface area contributed by atoms with E-state index in [2.05, 4.69) is 28.1 Å². The van der Waals surface area contributed by atoms with Crippen molar-refractivity contribution >= 4 is 28.0 Å². The Morgan fingerprint density at radius 2 is 2.31 bits per heavy atom. The third-order valence-electron chi connectivity index (χ3n) is 2.03. The maximum absolute atomic E-state index is 11.1. The first-order valence-corrected chi connectivity index (χ1v) is 6.38. The molecule has 1 aromatic rings. The van der Waals surface area contributed by atoms with Crippen molar-refractivity contribution in [3.8, 4) is 0 Å². The Bertz CT molecular complexity index is 372. The second-order valence-electron chi connectivity index (χ2n) is 3.27. The standard InChI is InChI=1S/C13H15BrO2/c1-2-16-13(15)7-6-11-4-3-5-12(10-11)8-9-14/h3-7,10H,2,8-9H2,1H3/b7-6+. The van der Waals surface area contributed by atoms with E-state index in [4.69, 9.17) is 4.74 Å². The molecule has 1 aromatic carbocycles. The first-order valence-electron chi connectivity index (χ1n) is 5.26. The number of esters is 1. The fraction of sp³-hybridized carbons (Fsp3) is 0.308. The molecule has 0 saturated heterocycles. The molecule has 0 aromatic heterocycles. The molecular weight excluding hydrogens is 268 g/mol. The van der Waals surface area contributed by atoms with Gasteiger partial charge in [0.1, 0.15) is 0 Å². The van der Waals surface area contributed by atoms with Crippen molar-refractivity contribution in [1.29, 1.82) is 0 Å². The first-order chi connectivity index (χ1) is 7.76. The molecule has 3 heteroatoms. The molecule has 0 unspecified atom stereocenters. The number of carbonyl (C=O) groups excluding carboxylic acids is 1. The largest absolute Gasteiger partial charge is 0.463 e. The summed E-state index contributed by atoms with van der Waals surface area (Å²) in [7, 11) is 0. The number of hydrogen-bond acceptors (Lipinski definition) is 2. The van der Waals surface area contributed by atoms with Crippen LogP contribution in [0.4, 0.5) is 0 Å². The molecule has 0 radical (unpaired) electrons. The maximum Gasteiger partial charge on any atom is 0.330 e. The molecule has 0 bridgehead atoms. The van der Waals surface area contributed by atoms with Crippen molar-refractivity contribution in [2.45, 2.75) is 13.3 Å². The van der Waals surface area contributed by atoms with E-state index in [1.54, 1.807) is 13.0 Å². The maximum atomic E-state index is 11.1. The average Bonchev–Trinajstić information content (AvgIpc) is 2.28. The molecule has 0 heterocycles. The Kier molecular flexibility index (Phi) is 5.86. The molecule has 0 saturated carbocycles. The summed E-state index contributed by atoms with van der Waals surface area (Å²) in [5, 5.41) is 0.943. The highest BCUT2D eigenvalue weighted by molar-refractivity contribution is 9.09. The highest BCUT2D eigenvalue weighted by Gasteiger charge is 1.95. The number of benzene rings is 1. The van der Waals surface area contributed by atoms with Gasteiger partial charge in [-0.25, -0.2) is 4.79 Å². The van der Waals surface area contributed by atoms with Crippen LogP contribution in [0.15, 0.2) is 30.3 Å². The molecule has 0 amide bonds. The molecule has 1 rings (SSSR count). The van der Waals surface area contributed by atoms with Crippen molar-refractivity contribution in [1.82, 2.24) is 0 Å². The van der Waals surface area contributed by atoms with Gasteiger partial charge >= 0.3 is 5.97 Å². The fourth-order valence-corrected chi connectivity index (χ4v) is 1.77. The molecule has 0 aliphatic rings. The second-order valence-corrected chi connectivity index (χ2v) is 4.06. The van der Waals surface area contributed by atoms with Gasteiger partial charge < -0.3 is 4.74 Å². The predicted octanol–water partition coefficient (Wildman–Crippen LogP) is 3.20. The van der Waals surface area contributed by atoms with Crippen molar-refractivity contribution in [3.05, 3.63) is 41.5 Å². The number of ether oxygens (including phenoxy) is 1. The van der Waals surface area contributed by atoms with Crippen LogP contribution >= 0.6 is 15.9 Å². The molecule has 2 nitrogen and oxygen atoms in total. The van der Waals surface area contributed by atoms with Crippen LogP contribution in [0, 0.1) is 0 Å². The Labute approximate surface area is 104 Å². The van der Waals surface area contributed by atoms with Crippen molar-refractivity contribution in [2.24, 2.45) is 0 Å². The van der Waals surface area contributed by atoms with Crippen LogP contribution in [-0.2, 0) is 16.0 Å². The lowest BCUT2D eigenvalue weighted by Crippen LogP contribution is -1.98. The summed E-state index contributed by atoms with van der Waals surface area (Å²) in [6.07, 6.45) is 4.22. The van der Waals surface area contributed by atoms with E-state index in [-0.39, 0.29) is 5.97 Å². The smallest absolute Gasteiger partial charge is 0.330 e. The number of halogens is 1. The van der Waals surface area contributed by atoms with Gasteiger partial charge in [-0.2, -0.15) is 0 Å². The Morgan fingerprint density at radius 1 is 1.50 bits per heavy atom. The number of alkyl halides is 1. The fourth-order valence-electron chi connectivity index (χ4n) is 1.32. The van der Waals surface area contributed by atoms with Crippen LogP contribution < -0.4 is 0 Å². The van der Waals surface area contributed by atoms with E-state index in [1.165, 1.54) is 11.6 Å². The molecular formula is C13H15BrO2. The lowest BCUT2D eigenvalue weighted by molar-refractivity contribution is -0.137. The SMILES string of the molecule is CCOC(=O)/C=C/c1cccc(CCBr)c1. The van der Waals surface area contributed by atoms with E-state index in [0.29, 0.717) is 6.61 Å². The van der Waals surface area contributed by atoms with Gasteiger partial charge in [0.05, 0.1) is 6.61 Å². The minimum Gasteiger partial charge on any atom is -0.463 e. The summed E-state index contributed by atoms with van der Waals surface area (Å²) in [6, 6.07) is 8.09. The summed E-state index contributed by atoms with van der Waals surface area (Å²) in [5.74, 6) is -0.298. The highest BCUT2D eigenvalue weighted by Crippen LogP contribution is 2.08. The van der Waals surface area contributed by atoms with Crippen LogP contribution in [0.3, 0.4) is 0 Å². The summed E-state index contributed by atoms with van der Waals surface area (Å²) in [6.45, 7) is 2.20. The summed E-state index contributed by atoms with van der Waals surface area (Å²) in [4.78, 5) is 11.1. The Balaban J connectivity index is 2.66. The van der Waals surface area contributed by atoms with Gasteiger partial charge in [0.25, 0.3) is 0 Å². The van der Waals surface area contributed by atoms with Crippen molar-refractivity contribution in [3.63, 3.8) is 0 Å². The van der Waals surface area contributed by atoms with Crippen LogP contribution in [0.2, 0.25) is 0 Å². The normalized spacial score (nSPS) is 10.6. The molecule has 86 valence electrons. The summed E-state index contributed by atoms with van der Waals surface area (Å²) in [5.41, 5.74) is 2.27. The topological polar surface area (TPSA) is 26.3 Å². The molecule has 0 aliphatic carbocycles. The monoisotopic (exact) mass is 282 g/mol. The van der Waals surface area contributed by atoms with Crippen LogP contribution in [0.1, 0.15) is 18.1 Å². The van der Waals surface area contributed by atoms with Gasteiger partial charge in [-0.05, 0) is 30.5 Å². The quantitative estimate of drug-likeness (QED) is 0.471. The summed E-state index contributed by atoms with van der Waals surface area (Å²) >= 11 is 3.40. The highest BCUT2D eigenvalue weighted by atomic mass is 79.9. The minimum absolute atomic E-state index is 0.298. The van der Waals surface area contributed by atoms with E-state index >= 15 is 0 Å². The Hall–Kier alpha value is -1.09.